The van der Waals surface area contributed by atoms with Crippen LogP contribution in [0.4, 0.5) is 4.79 Å². The third-order valence-electron chi connectivity index (χ3n) is 4.55. The summed E-state index contributed by atoms with van der Waals surface area (Å²) in [5.41, 5.74) is 0.497. The van der Waals surface area contributed by atoms with E-state index < -0.39 is 24.5 Å². The number of fused-ring (bicyclic) bond motifs is 2. The lowest BCUT2D eigenvalue weighted by Gasteiger charge is -2.08. The fraction of sp³-hybridized carbons (Fsp3) is 0.389. The quantitative estimate of drug-likeness (QED) is 0.756. The van der Waals surface area contributed by atoms with Gasteiger partial charge in [-0.25, -0.2) is 14.6 Å². The van der Waals surface area contributed by atoms with Crippen molar-refractivity contribution in [1.82, 2.24) is 20.2 Å². The van der Waals surface area contributed by atoms with Crippen molar-refractivity contribution in [3.05, 3.63) is 39.9 Å². The number of urea groups is 1. The molecule has 0 saturated heterocycles. The molecule has 27 heavy (non-hydrogen) atoms. The first-order chi connectivity index (χ1) is 13.0. The van der Waals surface area contributed by atoms with Crippen molar-refractivity contribution in [3.63, 3.8) is 0 Å². The summed E-state index contributed by atoms with van der Waals surface area (Å²) in [4.78, 5) is 52.2. The van der Waals surface area contributed by atoms with E-state index in [1.54, 1.807) is 4.57 Å². The Morgan fingerprint density at radius 2 is 2.07 bits per heavy atom. The maximum atomic E-state index is 12.4. The van der Waals surface area contributed by atoms with Gasteiger partial charge in [0.05, 0.1) is 16.5 Å². The number of carbonyl (C=O) groups is 3. The first kappa shape index (κ1) is 17.2. The summed E-state index contributed by atoms with van der Waals surface area (Å²) in [6, 6.07) is 4.01. The first-order valence-electron chi connectivity index (χ1n) is 8.82. The molecule has 4 rings (SSSR count). The van der Waals surface area contributed by atoms with Crippen molar-refractivity contribution < 1.29 is 19.1 Å². The van der Waals surface area contributed by atoms with E-state index in [1.807, 2.05) is 0 Å². The highest BCUT2D eigenvalue weighted by molar-refractivity contribution is 5.98. The number of nitrogens with one attached hydrogen (secondary N) is 2. The molecule has 0 bridgehead atoms. The highest BCUT2D eigenvalue weighted by Crippen LogP contribution is 2.18. The molecule has 2 aromatic rings. The molecule has 0 unspecified atom stereocenters. The maximum absolute atomic E-state index is 12.4. The minimum Gasteiger partial charge on any atom is -0.452 e. The van der Waals surface area contributed by atoms with Gasteiger partial charge < -0.3 is 10.1 Å². The number of aryl methyl sites for hydroxylation is 1. The lowest BCUT2D eigenvalue weighted by molar-refractivity contribution is -0.123. The van der Waals surface area contributed by atoms with Gasteiger partial charge in [-0.1, -0.05) is 0 Å². The van der Waals surface area contributed by atoms with Gasteiger partial charge in [0.15, 0.2) is 6.61 Å². The average Bonchev–Trinajstić information content (AvgIpc) is 3.32. The second-order valence-electron chi connectivity index (χ2n) is 6.69. The number of hydrogen-bond acceptors (Lipinski definition) is 6. The van der Waals surface area contributed by atoms with Crippen molar-refractivity contribution >= 4 is 28.8 Å². The highest BCUT2D eigenvalue weighted by Gasteiger charge is 2.24. The van der Waals surface area contributed by atoms with Crippen LogP contribution in [-0.2, 0) is 22.5 Å². The van der Waals surface area contributed by atoms with Crippen LogP contribution in [0.3, 0.4) is 0 Å². The van der Waals surface area contributed by atoms with Crippen LogP contribution in [-0.4, -0.2) is 40.1 Å². The van der Waals surface area contributed by atoms with Crippen LogP contribution >= 0.6 is 0 Å². The van der Waals surface area contributed by atoms with E-state index in [9.17, 15) is 19.2 Å². The van der Waals surface area contributed by atoms with Crippen LogP contribution in [0.25, 0.3) is 10.9 Å². The summed E-state index contributed by atoms with van der Waals surface area (Å²) in [7, 11) is 0. The largest absolute Gasteiger partial charge is 0.452 e. The fourth-order valence-electron chi connectivity index (χ4n) is 3.04. The van der Waals surface area contributed by atoms with Gasteiger partial charge in [-0.15, -0.1) is 0 Å². The number of hydrogen-bond donors (Lipinski definition) is 2. The zero-order chi connectivity index (χ0) is 19.0. The normalized spacial score (nSPS) is 15.3. The van der Waals surface area contributed by atoms with Crippen LogP contribution < -0.4 is 16.2 Å². The molecule has 1 aromatic carbocycles. The van der Waals surface area contributed by atoms with Crippen LogP contribution in [0.1, 0.15) is 35.4 Å². The predicted molar refractivity (Wildman–Crippen MR) is 94.3 cm³/mol. The summed E-state index contributed by atoms with van der Waals surface area (Å²) in [6.45, 7) is 0.0829. The Bertz CT molecular complexity index is 1010. The van der Waals surface area contributed by atoms with Crippen molar-refractivity contribution in [2.24, 2.45) is 0 Å². The molecule has 3 amide bonds. The molecule has 0 radical (unpaired) electrons. The Labute approximate surface area is 153 Å². The molecule has 9 nitrogen and oxygen atoms in total. The highest BCUT2D eigenvalue weighted by atomic mass is 16.5. The molecular weight excluding hydrogens is 352 g/mol. The summed E-state index contributed by atoms with van der Waals surface area (Å²) in [5.74, 6) is -0.729. The Morgan fingerprint density at radius 3 is 2.85 bits per heavy atom. The average molecular weight is 370 g/mol. The SMILES string of the molecule is O=C(COC(=O)c1ccc2c(=O)n3c(nc2c1)CCC3)NC(=O)NC1CC1. The molecule has 0 spiro atoms. The van der Waals surface area contributed by atoms with E-state index in [0.717, 1.165) is 25.7 Å². The molecule has 2 heterocycles. The molecule has 0 atom stereocenters. The van der Waals surface area contributed by atoms with Crippen LogP contribution in [0, 0.1) is 0 Å². The standard InChI is InChI=1S/C18H18N4O5/c23-15(21-18(26)19-11-4-5-11)9-27-17(25)10-3-6-12-13(8-10)20-14-2-1-7-22(14)16(12)24/h3,6,8,11H,1-2,4-5,7,9H2,(H2,19,21,23,26). The summed E-state index contributed by atoms with van der Waals surface area (Å²) >= 11 is 0. The second kappa shape index (κ2) is 6.82. The number of aromatic nitrogens is 2. The van der Waals surface area contributed by atoms with Gasteiger partial charge in [0, 0.05) is 19.0 Å². The molecule has 9 heteroatoms. The summed E-state index contributed by atoms with van der Waals surface area (Å²) < 4.78 is 6.59. The minimum absolute atomic E-state index is 0.117. The number of imide groups is 1. The number of nitrogens with zero attached hydrogens (tertiary/aromatic N) is 2. The van der Waals surface area contributed by atoms with Gasteiger partial charge >= 0.3 is 12.0 Å². The molecular formula is C18H18N4O5. The molecule has 140 valence electrons. The summed E-state index contributed by atoms with van der Waals surface area (Å²) in [6.07, 6.45) is 3.40. The van der Waals surface area contributed by atoms with Crippen LogP contribution in [0.2, 0.25) is 0 Å². The Hall–Kier alpha value is -3.23. The molecule has 1 aliphatic carbocycles. The zero-order valence-corrected chi connectivity index (χ0v) is 14.5. The van der Waals surface area contributed by atoms with E-state index in [2.05, 4.69) is 15.6 Å². The van der Waals surface area contributed by atoms with E-state index in [-0.39, 0.29) is 17.2 Å². The Balaban J connectivity index is 1.41. The van der Waals surface area contributed by atoms with E-state index >= 15 is 0 Å². The fourth-order valence-corrected chi connectivity index (χ4v) is 3.04. The molecule has 2 aliphatic rings. The number of benzene rings is 1. The van der Waals surface area contributed by atoms with Gasteiger partial charge in [-0.3, -0.25) is 19.5 Å². The number of amides is 3. The van der Waals surface area contributed by atoms with E-state index in [0.29, 0.717) is 23.3 Å². The molecule has 2 N–H and O–H groups in total. The topological polar surface area (TPSA) is 119 Å². The third-order valence-corrected chi connectivity index (χ3v) is 4.55. The molecule has 1 aliphatic heterocycles. The van der Waals surface area contributed by atoms with Crippen molar-refractivity contribution in [2.75, 3.05) is 6.61 Å². The lowest BCUT2D eigenvalue weighted by atomic mass is 10.1. The molecule has 1 saturated carbocycles. The molecule has 1 fully saturated rings. The van der Waals surface area contributed by atoms with Crippen molar-refractivity contribution in [2.45, 2.75) is 38.3 Å². The smallest absolute Gasteiger partial charge is 0.338 e. The number of ether oxygens (including phenoxy) is 1. The summed E-state index contributed by atoms with van der Waals surface area (Å²) in [5, 5.41) is 5.14. The number of rotatable bonds is 4. The molecule has 1 aromatic heterocycles. The van der Waals surface area contributed by atoms with Crippen LogP contribution in [0.15, 0.2) is 23.0 Å². The van der Waals surface area contributed by atoms with Crippen molar-refractivity contribution in [1.29, 1.82) is 0 Å². The number of carbonyl (C=O) groups excluding carboxylic acids is 3. The maximum Gasteiger partial charge on any atom is 0.338 e. The van der Waals surface area contributed by atoms with E-state index in [1.165, 1.54) is 18.2 Å². The lowest BCUT2D eigenvalue weighted by Crippen LogP contribution is -2.42. The van der Waals surface area contributed by atoms with Crippen molar-refractivity contribution in [3.8, 4) is 0 Å². The van der Waals surface area contributed by atoms with Gasteiger partial charge in [0.1, 0.15) is 5.82 Å². The van der Waals surface area contributed by atoms with Gasteiger partial charge in [-0.2, -0.15) is 0 Å². The first-order valence-corrected chi connectivity index (χ1v) is 8.82. The third kappa shape index (κ3) is 3.67. The Kier molecular flexibility index (Phi) is 4.35. The van der Waals surface area contributed by atoms with Crippen LogP contribution in [0.5, 0.6) is 0 Å². The number of esters is 1. The minimum atomic E-state index is -0.725. The van der Waals surface area contributed by atoms with E-state index in [4.69, 9.17) is 4.74 Å². The zero-order valence-electron chi connectivity index (χ0n) is 14.5. The Morgan fingerprint density at radius 1 is 1.26 bits per heavy atom. The van der Waals surface area contributed by atoms with Gasteiger partial charge in [-0.05, 0) is 37.5 Å². The van der Waals surface area contributed by atoms with Gasteiger partial charge in [0.2, 0.25) is 0 Å². The van der Waals surface area contributed by atoms with Gasteiger partial charge in [0.25, 0.3) is 11.5 Å². The second-order valence-corrected chi connectivity index (χ2v) is 6.69. The monoisotopic (exact) mass is 370 g/mol. The predicted octanol–water partition coefficient (Wildman–Crippen LogP) is 0.488.